The third kappa shape index (κ3) is 3.37. The Bertz CT molecular complexity index is 800. The van der Waals surface area contributed by atoms with Crippen LogP contribution in [-0.4, -0.2) is 23.2 Å². The number of aromatic nitrogens is 2. The molecule has 1 amide bonds. The molecule has 0 aliphatic carbocycles. The second kappa shape index (κ2) is 6.74. The van der Waals surface area contributed by atoms with Gasteiger partial charge in [-0.05, 0) is 24.3 Å². The number of carbonyl (C=O) groups excluding carboxylic acids is 1. The highest BCUT2D eigenvalue weighted by atomic mass is 16.5. The quantitative estimate of drug-likeness (QED) is 0.784. The van der Waals surface area contributed by atoms with Crippen LogP contribution >= 0.6 is 0 Å². The molecule has 6 heteroatoms. The minimum absolute atomic E-state index is 0.174. The topological polar surface area (TPSA) is 77.2 Å². The van der Waals surface area contributed by atoms with Crippen LogP contribution in [0, 0.1) is 0 Å². The summed E-state index contributed by atoms with van der Waals surface area (Å²) in [4.78, 5) is 16.5. The number of amides is 1. The van der Waals surface area contributed by atoms with Gasteiger partial charge in [0.1, 0.15) is 5.75 Å². The van der Waals surface area contributed by atoms with Crippen LogP contribution in [0.4, 0.5) is 0 Å². The number of methoxy groups -OCH3 is 1. The highest BCUT2D eigenvalue weighted by Crippen LogP contribution is 2.18. The summed E-state index contributed by atoms with van der Waals surface area (Å²) in [6.07, 6.45) is 0. The molecular formula is C17H15N3O3. The summed E-state index contributed by atoms with van der Waals surface area (Å²) >= 11 is 0. The van der Waals surface area contributed by atoms with Crippen molar-refractivity contribution in [2.75, 3.05) is 7.11 Å². The maximum Gasteiger partial charge on any atom is 0.257 e. The van der Waals surface area contributed by atoms with E-state index in [-0.39, 0.29) is 12.5 Å². The zero-order valence-corrected chi connectivity index (χ0v) is 12.5. The molecule has 1 N–H and O–H groups in total. The molecule has 0 saturated heterocycles. The number of carbonyl (C=O) groups is 1. The van der Waals surface area contributed by atoms with E-state index in [1.54, 1.807) is 24.3 Å². The first-order valence-corrected chi connectivity index (χ1v) is 7.07. The highest BCUT2D eigenvalue weighted by molar-refractivity contribution is 5.96. The Morgan fingerprint density at radius 1 is 1.13 bits per heavy atom. The van der Waals surface area contributed by atoms with Crippen molar-refractivity contribution in [2.24, 2.45) is 0 Å². The Balaban J connectivity index is 1.67. The number of nitrogens with zero attached hydrogens (tertiary/aromatic N) is 2. The van der Waals surface area contributed by atoms with E-state index in [2.05, 4.69) is 15.5 Å². The molecule has 0 unspecified atom stereocenters. The minimum atomic E-state index is -0.256. The van der Waals surface area contributed by atoms with Crippen LogP contribution in [0.3, 0.4) is 0 Å². The predicted octanol–water partition coefficient (Wildman–Crippen LogP) is 2.68. The molecule has 0 aliphatic heterocycles. The normalized spacial score (nSPS) is 10.3. The van der Waals surface area contributed by atoms with Gasteiger partial charge in [-0.3, -0.25) is 4.79 Å². The van der Waals surface area contributed by atoms with Gasteiger partial charge in [0, 0.05) is 5.56 Å². The lowest BCUT2D eigenvalue weighted by Crippen LogP contribution is -2.23. The van der Waals surface area contributed by atoms with E-state index < -0.39 is 0 Å². The maximum absolute atomic E-state index is 12.2. The fourth-order valence-electron chi connectivity index (χ4n) is 2.11. The van der Waals surface area contributed by atoms with Crippen LogP contribution in [0.15, 0.2) is 59.1 Å². The molecule has 1 aromatic heterocycles. The van der Waals surface area contributed by atoms with Gasteiger partial charge >= 0.3 is 0 Å². The Hall–Kier alpha value is -3.15. The summed E-state index contributed by atoms with van der Waals surface area (Å²) in [5, 5.41) is 6.62. The first-order chi connectivity index (χ1) is 11.3. The van der Waals surface area contributed by atoms with Crippen molar-refractivity contribution in [1.29, 1.82) is 0 Å². The molecule has 0 radical (unpaired) electrons. The van der Waals surface area contributed by atoms with Gasteiger partial charge in [0.25, 0.3) is 11.8 Å². The van der Waals surface area contributed by atoms with E-state index in [4.69, 9.17) is 9.26 Å². The minimum Gasteiger partial charge on any atom is -0.496 e. The van der Waals surface area contributed by atoms with Crippen molar-refractivity contribution < 1.29 is 14.1 Å². The van der Waals surface area contributed by atoms with Crippen molar-refractivity contribution in [3.8, 4) is 17.2 Å². The number of hydrogen-bond donors (Lipinski definition) is 1. The molecule has 3 rings (SSSR count). The molecule has 2 aromatic carbocycles. The van der Waals surface area contributed by atoms with E-state index in [9.17, 15) is 4.79 Å². The van der Waals surface area contributed by atoms with Crippen molar-refractivity contribution in [2.45, 2.75) is 6.54 Å². The zero-order valence-electron chi connectivity index (χ0n) is 12.5. The second-order valence-corrected chi connectivity index (χ2v) is 4.76. The SMILES string of the molecule is COc1ccccc1C(=O)NCc1noc(-c2ccccc2)n1. The summed E-state index contributed by atoms with van der Waals surface area (Å²) in [5.41, 5.74) is 1.30. The lowest BCUT2D eigenvalue weighted by atomic mass is 10.2. The summed E-state index contributed by atoms with van der Waals surface area (Å²) in [7, 11) is 1.53. The van der Waals surface area contributed by atoms with Crippen LogP contribution in [-0.2, 0) is 6.54 Å². The van der Waals surface area contributed by atoms with E-state index in [1.165, 1.54) is 7.11 Å². The molecule has 0 fully saturated rings. The van der Waals surface area contributed by atoms with Gasteiger partial charge in [0.15, 0.2) is 5.82 Å². The molecule has 0 spiro atoms. The third-order valence-electron chi connectivity index (χ3n) is 3.25. The van der Waals surface area contributed by atoms with Crippen LogP contribution in [0.5, 0.6) is 5.75 Å². The van der Waals surface area contributed by atoms with Gasteiger partial charge in [-0.2, -0.15) is 4.98 Å². The van der Waals surface area contributed by atoms with E-state index >= 15 is 0 Å². The van der Waals surface area contributed by atoms with Gasteiger partial charge < -0.3 is 14.6 Å². The fourth-order valence-corrected chi connectivity index (χ4v) is 2.11. The van der Waals surface area contributed by atoms with Gasteiger partial charge in [-0.15, -0.1) is 0 Å². The molecule has 23 heavy (non-hydrogen) atoms. The number of nitrogens with one attached hydrogen (secondary N) is 1. The monoisotopic (exact) mass is 309 g/mol. The smallest absolute Gasteiger partial charge is 0.257 e. The van der Waals surface area contributed by atoms with Gasteiger partial charge in [0.2, 0.25) is 0 Å². The lowest BCUT2D eigenvalue weighted by Gasteiger charge is -2.07. The molecule has 0 bridgehead atoms. The lowest BCUT2D eigenvalue weighted by molar-refractivity contribution is 0.0946. The molecular weight excluding hydrogens is 294 g/mol. The van der Waals surface area contributed by atoms with Crippen molar-refractivity contribution in [1.82, 2.24) is 15.5 Å². The molecule has 0 saturated carbocycles. The Kier molecular flexibility index (Phi) is 4.33. The molecule has 0 atom stereocenters. The third-order valence-corrected chi connectivity index (χ3v) is 3.25. The van der Waals surface area contributed by atoms with Gasteiger partial charge in [-0.25, -0.2) is 0 Å². The largest absolute Gasteiger partial charge is 0.496 e. The number of ether oxygens (including phenoxy) is 1. The predicted molar refractivity (Wildman–Crippen MR) is 83.9 cm³/mol. The second-order valence-electron chi connectivity index (χ2n) is 4.76. The molecule has 3 aromatic rings. The van der Waals surface area contributed by atoms with Crippen molar-refractivity contribution >= 4 is 5.91 Å². The van der Waals surface area contributed by atoms with Crippen LogP contribution in [0.2, 0.25) is 0 Å². The Morgan fingerprint density at radius 2 is 1.87 bits per heavy atom. The summed E-state index contributed by atoms with van der Waals surface area (Å²) < 4.78 is 10.4. The van der Waals surface area contributed by atoms with E-state index in [0.29, 0.717) is 23.0 Å². The maximum atomic E-state index is 12.2. The molecule has 116 valence electrons. The summed E-state index contributed by atoms with van der Waals surface area (Å²) in [6, 6.07) is 16.5. The Labute approximate surface area is 133 Å². The van der Waals surface area contributed by atoms with Crippen LogP contribution < -0.4 is 10.1 Å². The fraction of sp³-hybridized carbons (Fsp3) is 0.118. The van der Waals surface area contributed by atoms with Crippen LogP contribution in [0.25, 0.3) is 11.5 Å². The van der Waals surface area contributed by atoms with E-state index in [1.807, 2.05) is 30.3 Å². The Morgan fingerprint density at radius 3 is 2.65 bits per heavy atom. The van der Waals surface area contributed by atoms with Crippen molar-refractivity contribution in [3.63, 3.8) is 0 Å². The average Bonchev–Trinajstić information content (AvgIpc) is 3.09. The number of para-hydroxylation sites is 1. The first-order valence-electron chi connectivity index (χ1n) is 7.07. The van der Waals surface area contributed by atoms with Crippen LogP contribution in [0.1, 0.15) is 16.2 Å². The molecule has 0 aliphatic rings. The van der Waals surface area contributed by atoms with E-state index in [0.717, 1.165) is 5.56 Å². The standard InChI is InChI=1S/C17H15N3O3/c1-22-14-10-6-5-9-13(14)16(21)18-11-15-19-17(23-20-15)12-7-3-2-4-8-12/h2-10H,11H2,1H3,(H,18,21). The first kappa shape index (κ1) is 14.8. The average molecular weight is 309 g/mol. The molecule has 6 nitrogen and oxygen atoms in total. The zero-order chi connectivity index (χ0) is 16.1. The van der Waals surface area contributed by atoms with Gasteiger partial charge in [0.05, 0.1) is 19.2 Å². The summed E-state index contributed by atoms with van der Waals surface area (Å²) in [5.74, 6) is 1.09. The number of hydrogen-bond acceptors (Lipinski definition) is 5. The highest BCUT2D eigenvalue weighted by Gasteiger charge is 2.13. The summed E-state index contributed by atoms with van der Waals surface area (Å²) in [6.45, 7) is 0.174. The molecule has 1 heterocycles. The van der Waals surface area contributed by atoms with Gasteiger partial charge in [-0.1, -0.05) is 35.5 Å². The van der Waals surface area contributed by atoms with Crippen molar-refractivity contribution in [3.05, 3.63) is 66.0 Å². The number of benzene rings is 2. The number of rotatable bonds is 5.